The first-order valence-corrected chi connectivity index (χ1v) is 17.4. The van der Waals surface area contributed by atoms with Crippen molar-refractivity contribution in [3.05, 3.63) is 50.6 Å². The first-order valence-electron chi connectivity index (χ1n) is 17.4. The predicted octanol–water partition coefficient (Wildman–Crippen LogP) is 4.80. The van der Waals surface area contributed by atoms with Crippen LogP contribution in [0.15, 0.2) is 50.6 Å². The van der Waals surface area contributed by atoms with Crippen LogP contribution in [-0.2, 0) is 14.3 Å². The summed E-state index contributed by atoms with van der Waals surface area (Å²) in [5.41, 5.74) is 6.78. The number of amides is 1. The molecule has 0 aromatic carbocycles. The van der Waals surface area contributed by atoms with Gasteiger partial charge in [0.15, 0.2) is 6.29 Å². The van der Waals surface area contributed by atoms with Gasteiger partial charge in [0.2, 0.25) is 0 Å². The molecule has 0 spiro atoms. The molecule has 1 fully saturated rings. The molecule has 1 aliphatic rings. The maximum atomic E-state index is 12.8. The van der Waals surface area contributed by atoms with Crippen LogP contribution in [0, 0.1) is 165 Å². The van der Waals surface area contributed by atoms with Gasteiger partial charge in [-0.1, -0.05) is 57.4 Å². The van der Waals surface area contributed by atoms with Crippen LogP contribution in [0.25, 0.3) is 0 Å². The van der Waals surface area contributed by atoms with Crippen LogP contribution in [0.4, 0.5) is 0 Å². The number of ether oxygens (including phenoxy) is 2. The topological polar surface area (TPSA) is 73.6 Å². The van der Waals surface area contributed by atoms with E-state index in [1.165, 1.54) is 0 Å². The fourth-order valence-electron chi connectivity index (χ4n) is 4.98. The molecule has 0 aliphatic carbocycles. The Morgan fingerprint density at radius 3 is 1.55 bits per heavy atom. The third-order valence-corrected chi connectivity index (χ3v) is 7.51. The molecule has 0 aromatic heterocycles. The summed E-state index contributed by atoms with van der Waals surface area (Å²) in [6.07, 6.45) is 9.74. The van der Waals surface area contributed by atoms with Gasteiger partial charge in [-0.15, -0.1) is 26.3 Å². The fourth-order valence-corrected chi connectivity index (χ4v) is 4.98. The Labute approximate surface area is 330 Å². The zero-order valence-corrected chi connectivity index (χ0v) is 32.0. The van der Waals surface area contributed by atoms with E-state index in [1.807, 2.05) is 24.3 Å². The Bertz CT molecular complexity index is 2200. The van der Waals surface area contributed by atoms with Crippen molar-refractivity contribution in [2.75, 3.05) is 6.61 Å². The molecular weight excluding hydrogens is 677 g/mol. The van der Waals surface area contributed by atoms with Crippen molar-refractivity contribution in [2.24, 2.45) is 28.9 Å². The normalized spacial score (nSPS) is 17.7. The third-order valence-electron chi connectivity index (χ3n) is 7.51. The summed E-state index contributed by atoms with van der Waals surface area (Å²) >= 11 is 0. The number of nitrogens with one attached hydrogen (secondary N) is 1. The number of carbonyl (C=O) groups excluding carboxylic acids is 1. The molecule has 1 aliphatic heterocycles. The van der Waals surface area contributed by atoms with Gasteiger partial charge in [-0.3, -0.25) is 4.79 Å². The molecular formula is C50H44N2O3. The molecule has 5 nitrogen and oxygen atoms in total. The highest BCUT2D eigenvalue weighted by atomic mass is 16.7. The van der Waals surface area contributed by atoms with E-state index in [2.05, 4.69) is 194 Å². The molecule has 55 heavy (non-hydrogen) atoms. The van der Waals surface area contributed by atoms with Gasteiger partial charge in [0.05, 0.1) is 18.8 Å². The predicted molar refractivity (Wildman–Crippen MR) is 223 cm³/mol. The molecule has 0 saturated carbocycles. The molecule has 3 N–H and O–H groups in total. The Morgan fingerprint density at radius 1 is 0.709 bits per heavy atom. The first kappa shape index (κ1) is 46.1. The minimum absolute atomic E-state index is 0.00213. The van der Waals surface area contributed by atoms with Crippen molar-refractivity contribution in [2.45, 2.75) is 77.9 Å². The highest BCUT2D eigenvalue weighted by Crippen LogP contribution is 2.39. The minimum atomic E-state index is -0.628. The molecule has 7 atom stereocenters. The largest absolute Gasteiger partial charge is 0.350 e. The van der Waals surface area contributed by atoms with E-state index >= 15 is 0 Å². The van der Waals surface area contributed by atoms with Crippen molar-refractivity contribution < 1.29 is 14.3 Å². The molecule has 0 radical (unpaired) electrons. The average Bonchev–Trinajstić information content (AvgIpc) is 3.15. The quantitative estimate of drug-likeness (QED) is 0.212. The van der Waals surface area contributed by atoms with Gasteiger partial charge >= 0.3 is 0 Å². The van der Waals surface area contributed by atoms with Gasteiger partial charge in [-0.05, 0) is 132 Å². The van der Waals surface area contributed by atoms with Crippen molar-refractivity contribution in [1.29, 1.82) is 0 Å². The standard InChI is InChI=1S/C50H44N2O3/c1-9-14-15-16-17-18-19-20-21-22-23-24-25-26-27-28-29-30-31-32-33-34-35-39-48(53)52-46(45(51)38-36-40-50(6,7)8)41-54-49-44(13-5)42(11-3)43(12-4)47(55-49)37-10-2/h10-13,42-47,49H,2-5,36-38,40-41,51H2,1,6-8H3,(H,52,53)/t42-,43+,44?,45+,46-,47?,49-/m0/s1. The molecule has 1 saturated heterocycles. The van der Waals surface area contributed by atoms with Gasteiger partial charge in [0.25, 0.3) is 5.91 Å². The Balaban J connectivity index is 2.87. The molecule has 1 amide bonds. The van der Waals surface area contributed by atoms with E-state index < -0.39 is 18.2 Å². The van der Waals surface area contributed by atoms with E-state index in [1.54, 1.807) is 6.92 Å². The summed E-state index contributed by atoms with van der Waals surface area (Å²) in [5, 5.41) is 2.90. The smallest absolute Gasteiger partial charge is 0.297 e. The third kappa shape index (κ3) is 21.2. The summed E-state index contributed by atoms with van der Waals surface area (Å²) in [6.45, 7) is 24.3. The Hall–Kier alpha value is -6.97. The molecule has 0 aromatic rings. The van der Waals surface area contributed by atoms with E-state index in [9.17, 15) is 4.79 Å². The SMILES string of the molecule is C=CCC1O[C@H](OC[C@H](NC(=O)C#CC#CC#CC#CC#CC#CC#CC#CC#CC#CC#CC#CC)[C@H](N)CCCC(C)(C)C)C(C=C)[C@@H](C=C)[C@H]1C=C. The van der Waals surface area contributed by atoms with Gasteiger partial charge in [0, 0.05) is 59.3 Å². The highest BCUT2D eigenvalue weighted by molar-refractivity contribution is 5.94. The fraction of sp³-hybridized carbons (Fsp3) is 0.340. The van der Waals surface area contributed by atoms with Crippen LogP contribution in [0.5, 0.6) is 0 Å². The number of nitrogens with two attached hydrogens (primary N) is 1. The van der Waals surface area contributed by atoms with Crippen LogP contribution >= 0.6 is 0 Å². The molecule has 5 heteroatoms. The van der Waals surface area contributed by atoms with Gasteiger partial charge in [-0.2, -0.15) is 0 Å². The lowest BCUT2D eigenvalue weighted by Crippen LogP contribution is -2.53. The summed E-state index contributed by atoms with van der Waals surface area (Å²) in [6, 6.07) is -0.925. The highest BCUT2D eigenvalue weighted by Gasteiger charge is 2.42. The minimum Gasteiger partial charge on any atom is -0.350 e. The van der Waals surface area contributed by atoms with Crippen LogP contribution in [-0.4, -0.2) is 37.0 Å². The van der Waals surface area contributed by atoms with Gasteiger partial charge < -0.3 is 20.5 Å². The zero-order valence-electron chi connectivity index (χ0n) is 32.0. The monoisotopic (exact) mass is 720 g/mol. The maximum Gasteiger partial charge on any atom is 0.297 e. The molecule has 0 bridgehead atoms. The molecule has 1 rings (SSSR count). The number of hydrogen-bond donors (Lipinski definition) is 2. The Morgan fingerprint density at radius 2 is 1.15 bits per heavy atom. The van der Waals surface area contributed by atoms with Crippen LogP contribution in [0.3, 0.4) is 0 Å². The summed E-state index contributed by atoms with van der Waals surface area (Å²) < 4.78 is 12.7. The Kier molecular flexibility index (Phi) is 23.9. The van der Waals surface area contributed by atoms with Gasteiger partial charge in [0.1, 0.15) is 0 Å². The van der Waals surface area contributed by atoms with Crippen LogP contribution < -0.4 is 11.1 Å². The average molecular weight is 721 g/mol. The molecule has 1 heterocycles. The number of hydrogen-bond acceptors (Lipinski definition) is 4. The second kappa shape index (κ2) is 28.6. The summed E-state index contributed by atoms with van der Waals surface area (Å²) in [4.78, 5) is 12.8. The van der Waals surface area contributed by atoms with Crippen LogP contribution in [0.2, 0.25) is 0 Å². The lowest BCUT2D eigenvalue weighted by molar-refractivity contribution is -0.235. The van der Waals surface area contributed by atoms with E-state index in [-0.39, 0.29) is 41.9 Å². The van der Waals surface area contributed by atoms with Gasteiger partial charge in [-0.25, -0.2) is 0 Å². The number of carbonyl (C=O) groups is 1. The second-order valence-corrected chi connectivity index (χ2v) is 12.7. The second-order valence-electron chi connectivity index (χ2n) is 12.7. The zero-order chi connectivity index (χ0) is 40.6. The van der Waals surface area contributed by atoms with Crippen molar-refractivity contribution in [1.82, 2.24) is 5.32 Å². The van der Waals surface area contributed by atoms with Crippen LogP contribution in [0.1, 0.15) is 53.4 Å². The van der Waals surface area contributed by atoms with E-state index in [4.69, 9.17) is 15.2 Å². The number of allylic oxidation sites excluding steroid dienone is 1. The first-order chi connectivity index (χ1) is 26.6. The van der Waals surface area contributed by atoms with E-state index in [0.29, 0.717) is 12.8 Å². The molecule has 2 unspecified atom stereocenters. The maximum absolute atomic E-state index is 12.8. The lowest BCUT2D eigenvalue weighted by atomic mass is 9.75. The number of rotatable bonds is 13. The van der Waals surface area contributed by atoms with Crippen molar-refractivity contribution in [3.63, 3.8) is 0 Å². The van der Waals surface area contributed by atoms with Crippen molar-refractivity contribution in [3.8, 4) is 142 Å². The molecule has 272 valence electrons. The summed E-state index contributed by atoms with van der Waals surface area (Å²) in [7, 11) is 0. The van der Waals surface area contributed by atoms with Crippen molar-refractivity contribution >= 4 is 5.91 Å². The lowest BCUT2D eigenvalue weighted by Gasteiger charge is -2.44. The van der Waals surface area contributed by atoms with E-state index in [0.717, 1.165) is 12.8 Å². The summed E-state index contributed by atoms with van der Waals surface area (Å²) in [5.74, 6) is 60.0.